The summed E-state index contributed by atoms with van der Waals surface area (Å²) in [5.74, 6) is -0.908. The van der Waals surface area contributed by atoms with Crippen LogP contribution in [0.4, 0.5) is 0 Å². The molecule has 124 valence electrons. The molecular weight excluding hydrogens is 306 g/mol. The lowest BCUT2D eigenvalue weighted by atomic mass is 9.82. The number of carbonyl (C=O) groups is 1. The average molecular weight is 329 g/mol. The van der Waals surface area contributed by atoms with Crippen LogP contribution in [0.15, 0.2) is 29.2 Å². The summed E-state index contributed by atoms with van der Waals surface area (Å²) in [4.78, 5) is 11.3. The highest BCUT2D eigenvalue weighted by atomic mass is 32.2. The second-order valence-corrected chi connectivity index (χ2v) is 7.36. The Morgan fingerprint density at radius 3 is 2.27 bits per heavy atom. The maximum atomic E-state index is 12.2. The van der Waals surface area contributed by atoms with Gasteiger partial charge in [-0.15, -0.1) is 0 Å². The van der Waals surface area contributed by atoms with Crippen molar-refractivity contribution in [3.63, 3.8) is 0 Å². The van der Waals surface area contributed by atoms with E-state index in [-0.39, 0.29) is 16.9 Å². The molecule has 0 saturated heterocycles. The van der Waals surface area contributed by atoms with Crippen molar-refractivity contribution in [2.75, 3.05) is 6.54 Å². The fourth-order valence-corrected chi connectivity index (χ4v) is 3.04. The van der Waals surface area contributed by atoms with Crippen molar-refractivity contribution < 1.29 is 18.4 Å². The summed E-state index contributed by atoms with van der Waals surface area (Å²) in [5, 5.41) is 8.57. The first kappa shape index (κ1) is 18.6. The van der Waals surface area contributed by atoms with E-state index >= 15 is 0 Å². The molecule has 0 aromatic heterocycles. The molecule has 1 aromatic carbocycles. The number of hydrogen-bond acceptors (Lipinski definition) is 5. The fraction of sp³-hybridized carbons (Fsp3) is 0.500. The summed E-state index contributed by atoms with van der Waals surface area (Å²) < 4.78 is 26.6. The van der Waals surface area contributed by atoms with Gasteiger partial charge in [-0.3, -0.25) is 10.0 Å². The topological polar surface area (TPSA) is 122 Å². The summed E-state index contributed by atoms with van der Waals surface area (Å²) in [7, 11) is -3.90. The molecule has 0 aliphatic heterocycles. The van der Waals surface area contributed by atoms with Gasteiger partial charge in [-0.2, -0.15) is 4.72 Å². The van der Waals surface area contributed by atoms with E-state index in [1.54, 1.807) is 12.1 Å². The number of carbonyl (C=O) groups excluding carboxylic acids is 1. The highest BCUT2D eigenvalue weighted by Crippen LogP contribution is 2.27. The van der Waals surface area contributed by atoms with E-state index in [1.807, 2.05) is 0 Å². The monoisotopic (exact) mass is 329 g/mol. The Morgan fingerprint density at radius 2 is 1.86 bits per heavy atom. The van der Waals surface area contributed by atoms with Crippen LogP contribution in [0.2, 0.25) is 0 Å². The fourth-order valence-electron chi connectivity index (χ4n) is 1.83. The Kier molecular flexibility index (Phi) is 6.07. The predicted molar refractivity (Wildman–Crippen MR) is 82.9 cm³/mol. The summed E-state index contributed by atoms with van der Waals surface area (Å²) in [6.07, 6.45) is 0.920. The van der Waals surface area contributed by atoms with Crippen molar-refractivity contribution in [1.82, 2.24) is 10.2 Å². The molecule has 0 fully saturated rings. The van der Waals surface area contributed by atoms with Gasteiger partial charge in [0.1, 0.15) is 6.04 Å². The van der Waals surface area contributed by atoms with Gasteiger partial charge in [-0.25, -0.2) is 13.9 Å². The molecule has 5 N–H and O–H groups in total. The van der Waals surface area contributed by atoms with Gasteiger partial charge in [0.2, 0.25) is 10.0 Å². The molecule has 0 spiro atoms. The second kappa shape index (κ2) is 7.19. The number of hydroxylamine groups is 1. The Morgan fingerprint density at radius 1 is 1.32 bits per heavy atom. The molecule has 1 atom stereocenters. The number of rotatable bonds is 7. The van der Waals surface area contributed by atoms with Crippen LogP contribution in [-0.4, -0.2) is 32.1 Å². The van der Waals surface area contributed by atoms with Crippen LogP contribution < -0.4 is 15.9 Å². The first-order valence-corrected chi connectivity index (χ1v) is 8.43. The zero-order valence-corrected chi connectivity index (χ0v) is 13.8. The van der Waals surface area contributed by atoms with Crippen LogP contribution in [0.3, 0.4) is 0 Å². The van der Waals surface area contributed by atoms with E-state index in [0.29, 0.717) is 0 Å². The van der Waals surface area contributed by atoms with Crippen molar-refractivity contribution in [2.45, 2.75) is 43.5 Å². The third kappa shape index (κ3) is 4.26. The summed E-state index contributed by atoms with van der Waals surface area (Å²) in [6, 6.07) is 5.24. The van der Waals surface area contributed by atoms with Crippen LogP contribution >= 0.6 is 0 Å². The molecule has 8 heteroatoms. The van der Waals surface area contributed by atoms with Crippen LogP contribution in [0, 0.1) is 0 Å². The smallest absolute Gasteiger partial charge is 0.262 e. The van der Waals surface area contributed by atoms with E-state index in [9.17, 15) is 13.2 Å². The highest BCUT2D eigenvalue weighted by molar-refractivity contribution is 7.89. The Hall–Kier alpha value is -1.48. The standard InChI is InChI=1S/C14H23N3O4S/c1-4-14(2,3)10-5-7-11(8-6-10)22(20,21)17-12(9-15)13(18)16-19/h5-8,12,17,19H,4,9,15H2,1-3H3,(H,16,18)/t12-/m0/s1. The number of nitrogens with one attached hydrogen (secondary N) is 2. The van der Waals surface area contributed by atoms with E-state index in [2.05, 4.69) is 25.5 Å². The lowest BCUT2D eigenvalue weighted by Crippen LogP contribution is -2.49. The lowest BCUT2D eigenvalue weighted by Gasteiger charge is -2.23. The molecule has 0 unspecified atom stereocenters. The number of amides is 1. The molecule has 0 aliphatic rings. The third-order valence-corrected chi connectivity index (χ3v) is 5.28. The van der Waals surface area contributed by atoms with E-state index in [1.165, 1.54) is 17.6 Å². The SMILES string of the molecule is CCC(C)(C)c1ccc(S(=O)(=O)N[C@@H](CN)C(=O)NO)cc1. The van der Waals surface area contributed by atoms with E-state index in [4.69, 9.17) is 10.9 Å². The Bertz CT molecular complexity index is 611. The highest BCUT2D eigenvalue weighted by Gasteiger charge is 2.25. The van der Waals surface area contributed by atoms with Gasteiger partial charge >= 0.3 is 0 Å². The molecule has 0 radical (unpaired) electrons. The number of nitrogens with two attached hydrogens (primary N) is 1. The van der Waals surface area contributed by atoms with Gasteiger partial charge in [0.05, 0.1) is 4.90 Å². The molecule has 0 aliphatic carbocycles. The zero-order valence-electron chi connectivity index (χ0n) is 13.0. The Balaban J connectivity index is 3.01. The minimum atomic E-state index is -3.90. The Labute approximate surface area is 130 Å². The quantitative estimate of drug-likeness (QED) is 0.428. The predicted octanol–water partition coefficient (Wildman–Crippen LogP) is 0.485. The van der Waals surface area contributed by atoms with Crippen LogP contribution in [0.5, 0.6) is 0 Å². The summed E-state index contributed by atoms with van der Waals surface area (Å²) >= 11 is 0. The minimum absolute atomic E-state index is 0.0346. The summed E-state index contributed by atoms with van der Waals surface area (Å²) in [5.41, 5.74) is 7.69. The average Bonchev–Trinajstić information content (AvgIpc) is 2.52. The van der Waals surface area contributed by atoms with Gasteiger partial charge in [-0.1, -0.05) is 32.9 Å². The van der Waals surface area contributed by atoms with Crippen molar-refractivity contribution in [1.29, 1.82) is 0 Å². The summed E-state index contributed by atoms with van der Waals surface area (Å²) in [6.45, 7) is 5.94. The van der Waals surface area contributed by atoms with Crippen molar-refractivity contribution in [2.24, 2.45) is 5.73 Å². The van der Waals surface area contributed by atoms with E-state index < -0.39 is 22.0 Å². The lowest BCUT2D eigenvalue weighted by molar-refractivity contribution is -0.130. The van der Waals surface area contributed by atoms with Gasteiger partial charge < -0.3 is 5.73 Å². The first-order valence-electron chi connectivity index (χ1n) is 6.95. The van der Waals surface area contributed by atoms with Crippen molar-refractivity contribution in [3.05, 3.63) is 29.8 Å². The van der Waals surface area contributed by atoms with Crippen LogP contribution in [0.25, 0.3) is 0 Å². The second-order valence-electron chi connectivity index (χ2n) is 5.65. The number of sulfonamides is 1. The van der Waals surface area contributed by atoms with Gasteiger partial charge in [0.25, 0.3) is 5.91 Å². The molecule has 1 rings (SSSR count). The maximum absolute atomic E-state index is 12.2. The molecular formula is C14H23N3O4S. The largest absolute Gasteiger partial charge is 0.328 e. The molecule has 22 heavy (non-hydrogen) atoms. The molecule has 0 saturated carbocycles. The van der Waals surface area contributed by atoms with E-state index in [0.717, 1.165) is 12.0 Å². The molecule has 7 nitrogen and oxygen atoms in total. The van der Waals surface area contributed by atoms with Crippen LogP contribution in [0.1, 0.15) is 32.8 Å². The molecule has 0 bridgehead atoms. The normalized spacial score (nSPS) is 13.7. The molecule has 1 aromatic rings. The molecule has 0 heterocycles. The number of benzene rings is 1. The van der Waals surface area contributed by atoms with Gasteiger partial charge in [0.15, 0.2) is 0 Å². The number of hydrogen-bond donors (Lipinski definition) is 4. The minimum Gasteiger partial charge on any atom is -0.328 e. The van der Waals surface area contributed by atoms with Crippen molar-refractivity contribution >= 4 is 15.9 Å². The maximum Gasteiger partial charge on any atom is 0.262 e. The molecule has 1 amide bonds. The zero-order chi connectivity index (χ0) is 17.0. The first-order chi connectivity index (χ1) is 10.2. The van der Waals surface area contributed by atoms with Crippen molar-refractivity contribution in [3.8, 4) is 0 Å². The third-order valence-electron chi connectivity index (χ3n) is 3.79. The van der Waals surface area contributed by atoms with Gasteiger partial charge in [0, 0.05) is 6.54 Å². The van der Waals surface area contributed by atoms with Gasteiger partial charge in [-0.05, 0) is 29.5 Å². The van der Waals surface area contributed by atoms with Crippen LogP contribution in [-0.2, 0) is 20.2 Å².